The van der Waals surface area contributed by atoms with Gasteiger partial charge in [-0.05, 0) is 79.7 Å². The molecule has 3 nitrogen and oxygen atoms in total. The molecule has 1 atom stereocenters. The molecular weight excluding hydrogens is 328 g/mol. The van der Waals surface area contributed by atoms with Crippen LogP contribution in [0.2, 0.25) is 0 Å². The Bertz CT molecular complexity index is 746. The molecule has 3 saturated heterocycles. The Kier molecular flexibility index (Phi) is 3.67. The minimum Gasteiger partial charge on any atom is -0.347 e. The minimum atomic E-state index is 0. The third-order valence-electron chi connectivity index (χ3n) is 5.98. The highest BCUT2D eigenvalue weighted by atomic mass is 35.5. The van der Waals surface area contributed by atoms with Crippen LogP contribution in [0.4, 0.5) is 0 Å². The number of nitrogens with zero attached hydrogens (tertiary/aromatic N) is 1. The number of piperidine rings is 3. The first-order chi connectivity index (χ1) is 10.8. The molecule has 5 heteroatoms. The lowest BCUT2D eigenvalue weighted by Crippen LogP contribution is -2.65. The van der Waals surface area contributed by atoms with Gasteiger partial charge in [0, 0.05) is 15.8 Å². The fraction of sp³-hybridized carbons (Fsp3) is 0.500. The van der Waals surface area contributed by atoms with E-state index in [4.69, 9.17) is 0 Å². The maximum Gasteiger partial charge on any atom is 0.251 e. The summed E-state index contributed by atoms with van der Waals surface area (Å²) in [6.45, 7) is 2.47. The van der Waals surface area contributed by atoms with Gasteiger partial charge in [0.2, 0.25) is 0 Å². The normalized spacial score (nSPS) is 30.2. The van der Waals surface area contributed by atoms with Crippen LogP contribution in [0.15, 0.2) is 29.6 Å². The lowest BCUT2D eigenvalue weighted by atomic mass is 9.77. The zero-order valence-corrected chi connectivity index (χ0v) is 14.6. The van der Waals surface area contributed by atoms with Gasteiger partial charge in [0.25, 0.3) is 5.91 Å². The zero-order valence-electron chi connectivity index (χ0n) is 13.0. The Labute approximate surface area is 146 Å². The van der Waals surface area contributed by atoms with Crippen molar-refractivity contribution in [2.75, 3.05) is 13.1 Å². The molecule has 4 aliphatic rings. The van der Waals surface area contributed by atoms with Crippen molar-refractivity contribution in [2.24, 2.45) is 5.92 Å². The minimum absolute atomic E-state index is 0. The van der Waals surface area contributed by atoms with Crippen molar-refractivity contribution in [3.05, 3.63) is 35.2 Å². The van der Waals surface area contributed by atoms with Crippen molar-refractivity contribution < 1.29 is 4.79 Å². The molecule has 4 heterocycles. The first-order valence-corrected chi connectivity index (χ1v) is 9.17. The quantitative estimate of drug-likeness (QED) is 0.897. The molecule has 1 aromatic carbocycles. The number of rotatable bonds is 2. The molecule has 122 valence electrons. The van der Waals surface area contributed by atoms with E-state index >= 15 is 0 Å². The number of halogens is 1. The summed E-state index contributed by atoms with van der Waals surface area (Å²) < 4.78 is 1.25. The van der Waals surface area contributed by atoms with Crippen molar-refractivity contribution >= 4 is 39.7 Å². The van der Waals surface area contributed by atoms with E-state index in [0.29, 0.717) is 17.5 Å². The van der Waals surface area contributed by atoms with Crippen molar-refractivity contribution in [2.45, 2.75) is 37.3 Å². The average molecular weight is 349 g/mol. The second-order valence-electron chi connectivity index (χ2n) is 7.05. The third kappa shape index (κ3) is 2.31. The molecule has 23 heavy (non-hydrogen) atoms. The van der Waals surface area contributed by atoms with E-state index in [0.717, 1.165) is 5.56 Å². The summed E-state index contributed by atoms with van der Waals surface area (Å²) in [5.74, 6) is 0.791. The van der Waals surface area contributed by atoms with Crippen LogP contribution in [0.3, 0.4) is 0 Å². The van der Waals surface area contributed by atoms with Crippen molar-refractivity contribution in [1.82, 2.24) is 10.2 Å². The van der Waals surface area contributed by atoms with Crippen LogP contribution in [-0.2, 0) is 0 Å². The van der Waals surface area contributed by atoms with Crippen molar-refractivity contribution in [3.8, 4) is 0 Å². The monoisotopic (exact) mass is 348 g/mol. The van der Waals surface area contributed by atoms with Gasteiger partial charge in [0.05, 0.1) is 6.04 Å². The average Bonchev–Trinajstić information content (AvgIpc) is 3.18. The molecule has 0 radical (unpaired) electrons. The summed E-state index contributed by atoms with van der Waals surface area (Å²) in [5, 5.41) is 6.66. The molecule has 4 fully saturated rings. The maximum atomic E-state index is 12.7. The topological polar surface area (TPSA) is 32.3 Å². The summed E-state index contributed by atoms with van der Waals surface area (Å²) in [6.07, 6.45) is 5.02. The van der Waals surface area contributed by atoms with Gasteiger partial charge in [-0.3, -0.25) is 9.69 Å². The molecule has 1 N–H and O–H groups in total. The second kappa shape index (κ2) is 5.47. The Morgan fingerprint density at radius 2 is 2.00 bits per heavy atom. The zero-order chi connectivity index (χ0) is 14.7. The lowest BCUT2D eigenvalue weighted by molar-refractivity contribution is -0.00144. The first-order valence-electron chi connectivity index (χ1n) is 8.29. The second-order valence-corrected chi connectivity index (χ2v) is 8.00. The van der Waals surface area contributed by atoms with E-state index < -0.39 is 0 Å². The molecule has 2 aromatic rings. The van der Waals surface area contributed by atoms with Crippen LogP contribution in [0, 0.1) is 5.92 Å². The number of hydrogen-bond acceptors (Lipinski definition) is 3. The molecule has 1 unspecified atom stereocenters. The summed E-state index contributed by atoms with van der Waals surface area (Å²) in [5.41, 5.74) is 1.11. The lowest BCUT2D eigenvalue weighted by Gasteiger charge is -2.52. The number of nitrogens with one attached hydrogen (secondary N) is 1. The van der Waals surface area contributed by atoms with Gasteiger partial charge in [-0.25, -0.2) is 0 Å². The van der Waals surface area contributed by atoms with Gasteiger partial charge < -0.3 is 5.32 Å². The number of carbonyl (C=O) groups is 1. The number of fused-ring (bicyclic) bond motifs is 3. The van der Waals surface area contributed by atoms with Crippen molar-refractivity contribution in [1.29, 1.82) is 0 Å². The molecule has 1 amide bonds. The van der Waals surface area contributed by atoms with Crippen LogP contribution in [0.1, 0.15) is 36.0 Å². The van der Waals surface area contributed by atoms with Crippen LogP contribution >= 0.6 is 23.7 Å². The number of thiophene rings is 1. The molecule has 1 saturated carbocycles. The van der Waals surface area contributed by atoms with Gasteiger partial charge in [-0.15, -0.1) is 23.7 Å². The number of hydrogen-bond donors (Lipinski definition) is 1. The molecule has 1 spiro atoms. The van der Waals surface area contributed by atoms with Gasteiger partial charge >= 0.3 is 0 Å². The molecule has 1 aromatic heterocycles. The molecule has 3 aliphatic heterocycles. The van der Waals surface area contributed by atoms with Crippen LogP contribution < -0.4 is 5.32 Å². The Hall–Kier alpha value is -1.10. The molecule has 1 aliphatic carbocycles. The molecule has 6 rings (SSSR count). The fourth-order valence-corrected chi connectivity index (χ4v) is 5.42. The van der Waals surface area contributed by atoms with Gasteiger partial charge in [-0.2, -0.15) is 0 Å². The van der Waals surface area contributed by atoms with E-state index in [1.54, 1.807) is 11.3 Å². The highest BCUT2D eigenvalue weighted by Gasteiger charge is 2.60. The van der Waals surface area contributed by atoms with E-state index in [2.05, 4.69) is 27.7 Å². The Balaban J connectivity index is 0.00000135. The molecule has 2 bridgehead atoms. The van der Waals surface area contributed by atoms with Crippen LogP contribution in [0.25, 0.3) is 10.1 Å². The van der Waals surface area contributed by atoms with Crippen molar-refractivity contribution in [3.63, 3.8) is 0 Å². The predicted octanol–water partition coefficient (Wildman–Crippen LogP) is 3.68. The van der Waals surface area contributed by atoms with E-state index in [-0.39, 0.29) is 18.3 Å². The largest absolute Gasteiger partial charge is 0.347 e. The number of amides is 1. The predicted molar refractivity (Wildman–Crippen MR) is 96.6 cm³/mol. The Morgan fingerprint density at radius 1 is 1.22 bits per heavy atom. The van der Waals surface area contributed by atoms with Gasteiger partial charge in [0.15, 0.2) is 0 Å². The van der Waals surface area contributed by atoms with E-state index in [1.165, 1.54) is 48.9 Å². The highest BCUT2D eigenvalue weighted by molar-refractivity contribution is 7.17. The van der Waals surface area contributed by atoms with Gasteiger partial charge in [-0.1, -0.05) is 0 Å². The summed E-state index contributed by atoms with van der Waals surface area (Å²) in [4.78, 5) is 15.4. The highest BCUT2D eigenvalue weighted by Crippen LogP contribution is 2.53. The smallest absolute Gasteiger partial charge is 0.251 e. The van der Waals surface area contributed by atoms with Gasteiger partial charge in [0.1, 0.15) is 0 Å². The summed E-state index contributed by atoms with van der Waals surface area (Å²) in [6, 6.07) is 8.52. The molecular formula is C18H21ClN2OS. The van der Waals surface area contributed by atoms with E-state index in [9.17, 15) is 4.79 Å². The fourth-order valence-electron chi connectivity index (χ4n) is 4.65. The standard InChI is InChI=1S/C18H20N2OS.ClH/c21-17(14-1-2-15-13(11-14)5-10-22-15)19-16-12-3-8-20(9-4-12)18(16)6-7-18;/h1-2,5,10-12,16H,3-4,6-9H2,(H,19,21);1H. The maximum absolute atomic E-state index is 12.7. The first kappa shape index (κ1) is 15.4. The third-order valence-corrected chi connectivity index (χ3v) is 6.88. The Morgan fingerprint density at radius 3 is 2.74 bits per heavy atom. The number of carbonyl (C=O) groups excluding carboxylic acids is 1. The van der Waals surface area contributed by atoms with E-state index in [1.807, 2.05) is 12.1 Å². The van der Waals surface area contributed by atoms with Crippen LogP contribution in [0.5, 0.6) is 0 Å². The number of benzene rings is 1. The summed E-state index contributed by atoms with van der Waals surface area (Å²) >= 11 is 1.72. The van der Waals surface area contributed by atoms with Crippen LogP contribution in [-0.4, -0.2) is 35.5 Å². The summed E-state index contributed by atoms with van der Waals surface area (Å²) in [7, 11) is 0. The SMILES string of the molecule is Cl.O=C(NC1C2CCN(CC2)C12CC2)c1ccc2sccc2c1.